The van der Waals surface area contributed by atoms with Gasteiger partial charge in [0.15, 0.2) is 0 Å². The van der Waals surface area contributed by atoms with Crippen LogP contribution in [0.4, 0.5) is 0 Å². The molecule has 0 saturated carbocycles. The van der Waals surface area contributed by atoms with Crippen molar-refractivity contribution in [3.8, 4) is 0 Å². The van der Waals surface area contributed by atoms with E-state index in [0.29, 0.717) is 0 Å². The topological polar surface area (TPSA) is 55.1 Å². The number of rotatable bonds is 4. The third kappa shape index (κ3) is 2.56. The van der Waals surface area contributed by atoms with Gasteiger partial charge in [0.05, 0.1) is 22.9 Å². The predicted octanol–water partition coefficient (Wildman–Crippen LogP) is 3.77. The predicted molar refractivity (Wildman–Crippen MR) is 84.0 cm³/mol. The molecule has 0 amide bonds. The summed E-state index contributed by atoms with van der Waals surface area (Å²) in [4.78, 5) is 16.7. The van der Waals surface area contributed by atoms with E-state index in [1.54, 1.807) is 29.8 Å². The van der Waals surface area contributed by atoms with Gasteiger partial charge < -0.3 is 9.67 Å². The molecule has 0 aliphatic carbocycles. The summed E-state index contributed by atoms with van der Waals surface area (Å²) < 4.78 is 2.08. The Hall–Kier alpha value is -2.14. The van der Waals surface area contributed by atoms with Crippen LogP contribution in [0.15, 0.2) is 42.0 Å². The Kier molecular flexibility index (Phi) is 3.29. The number of fused-ring (bicyclic) bond motifs is 1. The Balaban J connectivity index is 1.96. The second kappa shape index (κ2) is 5.00. The zero-order chi connectivity index (χ0) is 15.0. The van der Waals surface area contributed by atoms with Gasteiger partial charge in [0.2, 0.25) is 0 Å². The van der Waals surface area contributed by atoms with Crippen molar-refractivity contribution in [1.82, 2.24) is 9.55 Å². The molecule has 0 saturated heterocycles. The van der Waals surface area contributed by atoms with Gasteiger partial charge in [-0.05, 0) is 29.6 Å². The molecule has 4 nitrogen and oxygen atoms in total. The van der Waals surface area contributed by atoms with Gasteiger partial charge in [-0.25, -0.2) is 9.78 Å². The Labute approximate surface area is 126 Å². The summed E-state index contributed by atoms with van der Waals surface area (Å²) in [6.07, 6.45) is 1.78. The number of carbonyl (C=O) groups is 1. The molecule has 3 aromatic rings. The third-order valence-corrected chi connectivity index (χ3v) is 4.86. The zero-order valence-electron chi connectivity index (χ0n) is 11.9. The molecule has 1 N–H and O–H groups in total. The highest BCUT2D eigenvalue weighted by molar-refractivity contribution is 7.10. The zero-order valence-corrected chi connectivity index (χ0v) is 12.7. The molecule has 0 aliphatic rings. The molecule has 0 radical (unpaired) electrons. The lowest BCUT2D eigenvalue weighted by Crippen LogP contribution is -2.22. The normalized spacial score (nSPS) is 11.9. The highest BCUT2D eigenvalue weighted by Gasteiger charge is 2.23. The van der Waals surface area contributed by atoms with Gasteiger partial charge in [-0.2, -0.15) is 0 Å². The lowest BCUT2D eigenvalue weighted by molar-refractivity contribution is 0.0697. The first-order valence-electron chi connectivity index (χ1n) is 6.69. The molecular weight excluding hydrogens is 284 g/mol. The summed E-state index contributed by atoms with van der Waals surface area (Å²) in [6, 6.07) is 9.28. The van der Waals surface area contributed by atoms with Crippen molar-refractivity contribution in [3.05, 3.63) is 52.5 Å². The number of carboxylic acid groups (broad SMARTS) is 1. The summed E-state index contributed by atoms with van der Waals surface area (Å²) in [5.74, 6) is -0.926. The van der Waals surface area contributed by atoms with Crippen LogP contribution in [-0.2, 0) is 12.0 Å². The number of aromatic carboxylic acids is 1. The molecule has 2 heterocycles. The minimum Gasteiger partial charge on any atom is -0.478 e. The summed E-state index contributed by atoms with van der Waals surface area (Å²) in [7, 11) is 0. The maximum Gasteiger partial charge on any atom is 0.335 e. The van der Waals surface area contributed by atoms with Gasteiger partial charge in [-0.15, -0.1) is 11.3 Å². The first-order chi connectivity index (χ1) is 9.97. The second-order valence-corrected chi connectivity index (χ2v) is 6.69. The molecule has 0 atom stereocenters. The first kappa shape index (κ1) is 13.8. The SMILES string of the molecule is CC(C)(Cn1cnc2cc(C(=O)O)ccc21)c1cccs1. The monoisotopic (exact) mass is 300 g/mol. The number of carboxylic acids is 1. The lowest BCUT2D eigenvalue weighted by atomic mass is 9.91. The van der Waals surface area contributed by atoms with Crippen LogP contribution in [0.3, 0.4) is 0 Å². The Morgan fingerprint density at radius 1 is 1.38 bits per heavy atom. The van der Waals surface area contributed by atoms with E-state index in [1.807, 2.05) is 6.07 Å². The Bertz CT molecular complexity index is 788. The van der Waals surface area contributed by atoms with Crippen molar-refractivity contribution in [2.24, 2.45) is 0 Å². The molecule has 5 heteroatoms. The van der Waals surface area contributed by atoms with E-state index in [2.05, 4.69) is 40.9 Å². The van der Waals surface area contributed by atoms with E-state index in [1.165, 1.54) is 4.88 Å². The van der Waals surface area contributed by atoms with Crippen LogP contribution < -0.4 is 0 Å². The Morgan fingerprint density at radius 2 is 2.19 bits per heavy atom. The van der Waals surface area contributed by atoms with E-state index < -0.39 is 5.97 Å². The van der Waals surface area contributed by atoms with Gasteiger partial charge >= 0.3 is 5.97 Å². The van der Waals surface area contributed by atoms with Crippen molar-refractivity contribution >= 4 is 28.3 Å². The van der Waals surface area contributed by atoms with Crippen molar-refractivity contribution in [3.63, 3.8) is 0 Å². The molecule has 3 rings (SSSR count). The molecule has 0 fully saturated rings. The van der Waals surface area contributed by atoms with Crippen LogP contribution in [0.1, 0.15) is 29.1 Å². The lowest BCUT2D eigenvalue weighted by Gasteiger charge is -2.24. The quantitative estimate of drug-likeness (QED) is 0.798. The molecule has 0 unspecified atom stereocenters. The summed E-state index contributed by atoms with van der Waals surface area (Å²) in [5.41, 5.74) is 1.96. The molecule has 21 heavy (non-hydrogen) atoms. The summed E-state index contributed by atoms with van der Waals surface area (Å²) in [6.45, 7) is 5.21. The summed E-state index contributed by atoms with van der Waals surface area (Å²) in [5, 5.41) is 11.1. The van der Waals surface area contributed by atoms with E-state index in [9.17, 15) is 4.79 Å². The molecule has 0 spiro atoms. The van der Waals surface area contributed by atoms with Crippen molar-refractivity contribution in [1.29, 1.82) is 0 Å². The average Bonchev–Trinajstić information content (AvgIpc) is 3.08. The van der Waals surface area contributed by atoms with Crippen molar-refractivity contribution in [2.45, 2.75) is 25.8 Å². The van der Waals surface area contributed by atoms with Crippen LogP contribution in [-0.4, -0.2) is 20.6 Å². The molecule has 108 valence electrons. The molecule has 2 aromatic heterocycles. The van der Waals surface area contributed by atoms with E-state index >= 15 is 0 Å². The number of imidazole rings is 1. The third-order valence-electron chi connectivity index (χ3n) is 3.62. The van der Waals surface area contributed by atoms with Crippen LogP contribution in [0.25, 0.3) is 11.0 Å². The maximum absolute atomic E-state index is 11.0. The molecular formula is C16H16N2O2S. The van der Waals surface area contributed by atoms with Crippen LogP contribution in [0.2, 0.25) is 0 Å². The van der Waals surface area contributed by atoms with Crippen LogP contribution >= 0.6 is 11.3 Å². The van der Waals surface area contributed by atoms with Gasteiger partial charge in [-0.1, -0.05) is 19.9 Å². The number of thiophene rings is 1. The largest absolute Gasteiger partial charge is 0.478 e. The number of aromatic nitrogens is 2. The minimum atomic E-state index is -0.926. The smallest absolute Gasteiger partial charge is 0.335 e. The Morgan fingerprint density at radius 3 is 2.86 bits per heavy atom. The highest BCUT2D eigenvalue weighted by atomic mass is 32.1. The highest BCUT2D eigenvalue weighted by Crippen LogP contribution is 2.30. The van der Waals surface area contributed by atoms with Crippen molar-refractivity contribution in [2.75, 3.05) is 0 Å². The van der Waals surface area contributed by atoms with Crippen LogP contribution in [0, 0.1) is 0 Å². The fraction of sp³-hybridized carbons (Fsp3) is 0.250. The second-order valence-electron chi connectivity index (χ2n) is 5.74. The fourth-order valence-electron chi connectivity index (χ4n) is 2.49. The fourth-order valence-corrected chi connectivity index (χ4v) is 3.33. The molecule has 1 aromatic carbocycles. The number of benzene rings is 1. The average molecular weight is 300 g/mol. The maximum atomic E-state index is 11.0. The first-order valence-corrected chi connectivity index (χ1v) is 7.57. The van der Waals surface area contributed by atoms with E-state index in [4.69, 9.17) is 5.11 Å². The number of nitrogens with zero attached hydrogens (tertiary/aromatic N) is 2. The number of hydrogen-bond acceptors (Lipinski definition) is 3. The van der Waals surface area contributed by atoms with E-state index in [-0.39, 0.29) is 11.0 Å². The van der Waals surface area contributed by atoms with Crippen molar-refractivity contribution < 1.29 is 9.90 Å². The number of hydrogen-bond donors (Lipinski definition) is 1. The molecule has 0 aliphatic heterocycles. The van der Waals surface area contributed by atoms with Gasteiger partial charge in [0.25, 0.3) is 0 Å². The minimum absolute atomic E-state index is 0.00721. The van der Waals surface area contributed by atoms with Gasteiger partial charge in [0, 0.05) is 16.8 Å². The summed E-state index contributed by atoms with van der Waals surface area (Å²) >= 11 is 1.75. The van der Waals surface area contributed by atoms with Gasteiger partial charge in [0.1, 0.15) is 0 Å². The standard InChI is InChI=1S/C16H16N2O2S/c1-16(2,14-4-3-7-21-14)9-18-10-17-12-8-11(15(19)20)5-6-13(12)18/h3-8,10H,9H2,1-2H3,(H,19,20). The molecule has 0 bridgehead atoms. The van der Waals surface area contributed by atoms with E-state index in [0.717, 1.165) is 17.6 Å². The van der Waals surface area contributed by atoms with Crippen LogP contribution in [0.5, 0.6) is 0 Å². The van der Waals surface area contributed by atoms with Gasteiger partial charge in [-0.3, -0.25) is 0 Å².